The van der Waals surface area contributed by atoms with Crippen molar-refractivity contribution in [1.29, 1.82) is 0 Å². The van der Waals surface area contributed by atoms with Gasteiger partial charge in [-0.2, -0.15) is 0 Å². The predicted molar refractivity (Wildman–Crippen MR) is 51.5 cm³/mol. The Morgan fingerprint density at radius 3 is 2.83 bits per heavy atom. The minimum atomic E-state index is 0.563. The second kappa shape index (κ2) is 4.14. The molecule has 0 fully saturated rings. The maximum Gasteiger partial charge on any atom is 0.0298 e. The zero-order valence-corrected chi connectivity index (χ0v) is 8.06. The lowest BCUT2D eigenvalue weighted by Gasteiger charge is -1.92. The van der Waals surface area contributed by atoms with Crippen LogP contribution in [-0.4, -0.2) is 6.54 Å². The largest absolute Gasteiger partial charge is 0.146 e. The molecule has 0 atom stereocenters. The molecule has 0 aliphatic heterocycles. The average molecular weight is 181 g/mol. The zero-order chi connectivity index (χ0) is 8.97. The van der Waals surface area contributed by atoms with Crippen LogP contribution in [0.2, 0.25) is 0 Å². The lowest BCUT2D eigenvalue weighted by molar-refractivity contribution is 0.953. The summed E-state index contributed by atoms with van der Waals surface area (Å²) < 4.78 is 0. The fourth-order valence-corrected chi connectivity index (χ4v) is 2.12. The zero-order valence-electron chi connectivity index (χ0n) is 7.24. The Morgan fingerprint density at radius 1 is 1.58 bits per heavy atom. The van der Waals surface area contributed by atoms with Crippen molar-refractivity contribution in [1.82, 2.24) is 0 Å². The molecule has 0 aliphatic carbocycles. The highest BCUT2D eigenvalue weighted by Crippen LogP contribution is 2.20. The van der Waals surface area contributed by atoms with Gasteiger partial charge in [0, 0.05) is 21.2 Å². The van der Waals surface area contributed by atoms with E-state index in [-0.39, 0.29) is 0 Å². The summed E-state index contributed by atoms with van der Waals surface area (Å²) in [5.74, 6) is 0. The topological polar surface area (TPSA) is 48.8 Å². The van der Waals surface area contributed by atoms with Crippen molar-refractivity contribution < 1.29 is 0 Å². The van der Waals surface area contributed by atoms with Crippen LogP contribution >= 0.6 is 11.3 Å². The van der Waals surface area contributed by atoms with Gasteiger partial charge in [0.25, 0.3) is 0 Å². The van der Waals surface area contributed by atoms with E-state index in [2.05, 4.69) is 29.9 Å². The van der Waals surface area contributed by atoms with Gasteiger partial charge in [0.1, 0.15) is 0 Å². The van der Waals surface area contributed by atoms with Gasteiger partial charge in [-0.3, -0.25) is 0 Å². The molecule has 0 saturated carbocycles. The minimum Gasteiger partial charge on any atom is -0.146 e. The summed E-state index contributed by atoms with van der Waals surface area (Å²) in [5, 5.41) is 3.50. The van der Waals surface area contributed by atoms with Gasteiger partial charge in [-0.15, -0.1) is 11.3 Å². The van der Waals surface area contributed by atoms with Crippen molar-refractivity contribution in [3.8, 4) is 0 Å². The van der Waals surface area contributed by atoms with Gasteiger partial charge >= 0.3 is 0 Å². The fourth-order valence-electron chi connectivity index (χ4n) is 1.15. The molecule has 0 aromatic carbocycles. The van der Waals surface area contributed by atoms with E-state index in [9.17, 15) is 0 Å². The Balaban J connectivity index is 2.62. The molecule has 0 bridgehead atoms. The van der Waals surface area contributed by atoms with Crippen LogP contribution in [0.5, 0.6) is 0 Å². The standard InChI is InChI=1S/C8H11N3S/c1-6-5-8(7(2)12-6)3-4-10-11-9/h5H,3-4H2,1-2H3. The number of hydrogen-bond acceptors (Lipinski definition) is 2. The van der Waals surface area contributed by atoms with Gasteiger partial charge in [0.15, 0.2) is 0 Å². The van der Waals surface area contributed by atoms with Gasteiger partial charge in [-0.25, -0.2) is 0 Å². The summed E-state index contributed by atoms with van der Waals surface area (Å²) in [6.45, 7) is 4.76. The third-order valence-corrected chi connectivity index (χ3v) is 2.70. The summed E-state index contributed by atoms with van der Waals surface area (Å²) >= 11 is 1.79. The molecule has 4 heteroatoms. The molecular weight excluding hydrogens is 170 g/mol. The molecule has 0 aliphatic rings. The molecule has 3 nitrogen and oxygen atoms in total. The number of rotatable bonds is 3. The van der Waals surface area contributed by atoms with Gasteiger partial charge in [0.2, 0.25) is 0 Å². The normalized spacial score (nSPS) is 9.50. The first-order valence-corrected chi connectivity index (χ1v) is 4.62. The van der Waals surface area contributed by atoms with Crippen molar-refractivity contribution in [2.75, 3.05) is 6.54 Å². The third kappa shape index (κ3) is 2.26. The SMILES string of the molecule is Cc1cc(CCN=[N+]=[N-])c(C)s1. The maximum atomic E-state index is 8.08. The van der Waals surface area contributed by atoms with E-state index in [1.165, 1.54) is 15.3 Å². The van der Waals surface area contributed by atoms with Crippen LogP contribution in [0.3, 0.4) is 0 Å². The Morgan fingerprint density at radius 2 is 2.33 bits per heavy atom. The summed E-state index contributed by atoms with van der Waals surface area (Å²) in [6.07, 6.45) is 0.861. The quantitative estimate of drug-likeness (QED) is 0.390. The van der Waals surface area contributed by atoms with Crippen LogP contribution in [0.25, 0.3) is 10.4 Å². The van der Waals surface area contributed by atoms with Gasteiger partial charge < -0.3 is 0 Å². The van der Waals surface area contributed by atoms with Crippen LogP contribution in [0.15, 0.2) is 11.2 Å². The Kier molecular flexibility index (Phi) is 3.14. The molecule has 0 saturated heterocycles. The highest BCUT2D eigenvalue weighted by atomic mass is 32.1. The summed E-state index contributed by atoms with van der Waals surface area (Å²) in [4.78, 5) is 5.37. The minimum absolute atomic E-state index is 0.563. The van der Waals surface area contributed by atoms with Gasteiger partial charge in [-0.05, 0) is 37.4 Å². The van der Waals surface area contributed by atoms with Crippen molar-refractivity contribution in [3.05, 3.63) is 31.8 Å². The molecule has 0 radical (unpaired) electrons. The molecule has 1 rings (SSSR count). The fraction of sp³-hybridized carbons (Fsp3) is 0.500. The van der Waals surface area contributed by atoms with Crippen LogP contribution in [-0.2, 0) is 6.42 Å². The molecule has 1 heterocycles. The second-order valence-corrected chi connectivity index (χ2v) is 4.10. The second-order valence-electron chi connectivity index (χ2n) is 2.64. The molecule has 1 aromatic heterocycles. The van der Waals surface area contributed by atoms with Crippen LogP contribution in [0.1, 0.15) is 15.3 Å². The number of thiophene rings is 1. The van der Waals surface area contributed by atoms with Crippen molar-refractivity contribution in [3.63, 3.8) is 0 Å². The first kappa shape index (κ1) is 9.10. The lowest BCUT2D eigenvalue weighted by atomic mass is 10.2. The Labute approximate surface area is 75.7 Å². The first-order chi connectivity index (χ1) is 5.74. The summed E-state index contributed by atoms with van der Waals surface area (Å²) in [5.41, 5.74) is 9.39. The van der Waals surface area contributed by atoms with Crippen LogP contribution in [0.4, 0.5) is 0 Å². The van der Waals surface area contributed by atoms with E-state index in [4.69, 9.17) is 5.53 Å². The lowest BCUT2D eigenvalue weighted by Crippen LogP contribution is -1.87. The summed E-state index contributed by atoms with van der Waals surface area (Å²) in [6, 6.07) is 2.16. The molecule has 0 N–H and O–H groups in total. The van der Waals surface area contributed by atoms with Crippen molar-refractivity contribution in [2.24, 2.45) is 5.11 Å². The number of nitrogens with zero attached hydrogens (tertiary/aromatic N) is 3. The van der Waals surface area contributed by atoms with E-state index in [1.807, 2.05) is 0 Å². The highest BCUT2D eigenvalue weighted by molar-refractivity contribution is 7.12. The Bertz CT molecular complexity index is 310. The van der Waals surface area contributed by atoms with E-state index in [0.29, 0.717) is 6.54 Å². The van der Waals surface area contributed by atoms with E-state index in [1.54, 1.807) is 11.3 Å². The smallest absolute Gasteiger partial charge is 0.0298 e. The summed E-state index contributed by atoms with van der Waals surface area (Å²) in [7, 11) is 0. The average Bonchev–Trinajstić information content (AvgIpc) is 2.31. The molecule has 0 spiro atoms. The molecule has 0 amide bonds. The third-order valence-electron chi connectivity index (χ3n) is 1.69. The monoisotopic (exact) mass is 181 g/mol. The first-order valence-electron chi connectivity index (χ1n) is 3.81. The highest BCUT2D eigenvalue weighted by Gasteiger charge is 2.00. The molecule has 0 unspecified atom stereocenters. The van der Waals surface area contributed by atoms with Crippen LogP contribution in [0, 0.1) is 13.8 Å². The van der Waals surface area contributed by atoms with E-state index < -0.39 is 0 Å². The maximum absolute atomic E-state index is 8.08. The molecule has 1 aromatic rings. The number of aryl methyl sites for hydroxylation is 2. The molecule has 12 heavy (non-hydrogen) atoms. The Hall–Kier alpha value is -0.990. The number of azide groups is 1. The van der Waals surface area contributed by atoms with Crippen molar-refractivity contribution >= 4 is 11.3 Å². The predicted octanol–water partition coefficient (Wildman–Crippen LogP) is 3.22. The van der Waals surface area contributed by atoms with E-state index >= 15 is 0 Å². The van der Waals surface area contributed by atoms with Crippen LogP contribution < -0.4 is 0 Å². The molecular formula is C8H11N3S. The van der Waals surface area contributed by atoms with E-state index in [0.717, 1.165) is 6.42 Å². The van der Waals surface area contributed by atoms with Gasteiger partial charge in [0.05, 0.1) is 0 Å². The van der Waals surface area contributed by atoms with Crippen molar-refractivity contribution in [2.45, 2.75) is 20.3 Å². The number of hydrogen-bond donors (Lipinski definition) is 0. The molecule has 64 valence electrons. The van der Waals surface area contributed by atoms with Gasteiger partial charge in [-0.1, -0.05) is 5.11 Å².